The Balaban J connectivity index is 2.66. The molecule has 6 nitrogen and oxygen atoms in total. The summed E-state index contributed by atoms with van der Waals surface area (Å²) >= 11 is 0. The molecule has 7 heteroatoms. The summed E-state index contributed by atoms with van der Waals surface area (Å²) in [5.74, 6) is -0.968. The van der Waals surface area contributed by atoms with Gasteiger partial charge < -0.3 is 9.84 Å². The lowest BCUT2D eigenvalue weighted by molar-refractivity contribution is -0.137. The fourth-order valence-corrected chi connectivity index (χ4v) is 1.70. The van der Waals surface area contributed by atoms with Gasteiger partial charge in [0.05, 0.1) is 0 Å². The zero-order valence-electron chi connectivity index (χ0n) is 9.24. The molecule has 0 aliphatic heterocycles. The Kier molecular flexibility index (Phi) is 4.84. The third-order valence-corrected chi connectivity index (χ3v) is 2.54. The first-order chi connectivity index (χ1) is 7.92. The highest BCUT2D eigenvalue weighted by molar-refractivity contribution is 7.46. The van der Waals surface area contributed by atoms with Gasteiger partial charge in [0.25, 0.3) is 0 Å². The number of hydrogen-bond donors (Lipinski definition) is 3. The van der Waals surface area contributed by atoms with Gasteiger partial charge in [-0.3, -0.25) is 9.79 Å². The molecular weight excluding hydrogens is 245 g/mol. The molecule has 0 bridgehead atoms. The topological polar surface area (TPSA) is 95.9 Å². The summed E-state index contributed by atoms with van der Waals surface area (Å²) in [6, 6.07) is 8.31. The van der Waals surface area contributed by atoms with Gasteiger partial charge in [-0.25, -0.2) is 9.36 Å². The summed E-state index contributed by atoms with van der Waals surface area (Å²) < 4.78 is 14.6. The van der Waals surface area contributed by atoms with Gasteiger partial charge in [0.2, 0.25) is 0 Å². The van der Waals surface area contributed by atoms with Gasteiger partial charge in [-0.1, -0.05) is 30.3 Å². The number of benzene rings is 1. The largest absolute Gasteiger partial charge is 0.527 e. The minimum atomic E-state index is -4.78. The second kappa shape index (κ2) is 5.93. The lowest BCUT2D eigenvalue weighted by Crippen LogP contribution is -2.37. The highest BCUT2D eigenvalue weighted by Crippen LogP contribution is 2.36. The molecule has 0 aromatic heterocycles. The SMILES string of the molecule is CN[C@@H](Cc1ccccc1)C(=O)OP(=O)(O)O. The molecule has 0 spiro atoms. The first-order valence-corrected chi connectivity index (χ1v) is 6.45. The van der Waals surface area contributed by atoms with Crippen molar-refractivity contribution in [2.24, 2.45) is 0 Å². The Bertz CT molecular complexity index is 416. The summed E-state index contributed by atoms with van der Waals surface area (Å²) in [5, 5.41) is 2.66. The van der Waals surface area contributed by atoms with Crippen molar-refractivity contribution >= 4 is 13.8 Å². The first-order valence-electron chi connectivity index (χ1n) is 4.92. The molecule has 0 aliphatic carbocycles. The monoisotopic (exact) mass is 259 g/mol. The van der Waals surface area contributed by atoms with Crippen LogP contribution in [0, 0.1) is 0 Å². The molecule has 0 heterocycles. The second-order valence-electron chi connectivity index (χ2n) is 3.43. The van der Waals surface area contributed by atoms with E-state index in [2.05, 4.69) is 9.84 Å². The average Bonchev–Trinajstić information content (AvgIpc) is 2.24. The van der Waals surface area contributed by atoms with E-state index < -0.39 is 19.8 Å². The Morgan fingerprint density at radius 2 is 2.00 bits per heavy atom. The van der Waals surface area contributed by atoms with Crippen LogP contribution in [-0.4, -0.2) is 28.8 Å². The van der Waals surface area contributed by atoms with Gasteiger partial charge in [0, 0.05) is 0 Å². The van der Waals surface area contributed by atoms with Crippen LogP contribution in [0.4, 0.5) is 0 Å². The number of nitrogens with one attached hydrogen (secondary N) is 1. The van der Waals surface area contributed by atoms with Crippen LogP contribution in [0.1, 0.15) is 5.56 Å². The van der Waals surface area contributed by atoms with Crippen molar-refractivity contribution in [2.45, 2.75) is 12.5 Å². The van der Waals surface area contributed by atoms with Gasteiger partial charge in [-0.15, -0.1) is 0 Å². The predicted molar refractivity (Wildman–Crippen MR) is 61.1 cm³/mol. The molecule has 94 valence electrons. The Morgan fingerprint density at radius 1 is 1.41 bits per heavy atom. The van der Waals surface area contributed by atoms with Crippen molar-refractivity contribution in [2.75, 3.05) is 7.05 Å². The predicted octanol–water partition coefficient (Wildman–Crippen LogP) is 0.453. The summed E-state index contributed by atoms with van der Waals surface area (Å²) in [7, 11) is -3.26. The van der Waals surface area contributed by atoms with Crippen molar-refractivity contribution in [3.8, 4) is 0 Å². The molecule has 0 aliphatic rings. The summed E-state index contributed by atoms with van der Waals surface area (Å²) in [6.45, 7) is 0. The molecule has 3 N–H and O–H groups in total. The third kappa shape index (κ3) is 5.10. The van der Waals surface area contributed by atoms with Crippen molar-refractivity contribution in [3.05, 3.63) is 35.9 Å². The lowest BCUT2D eigenvalue weighted by atomic mass is 10.1. The molecule has 0 unspecified atom stereocenters. The molecule has 17 heavy (non-hydrogen) atoms. The normalized spacial score (nSPS) is 13.1. The van der Waals surface area contributed by atoms with Crippen molar-refractivity contribution in [1.29, 1.82) is 0 Å². The van der Waals surface area contributed by atoms with E-state index in [4.69, 9.17) is 9.79 Å². The fourth-order valence-electron chi connectivity index (χ4n) is 1.33. The minimum Gasteiger partial charge on any atom is -0.369 e. The van der Waals surface area contributed by atoms with Crippen LogP contribution in [0.25, 0.3) is 0 Å². The standard InChI is InChI=1S/C10H14NO5P/c1-11-9(10(12)16-17(13,14)15)7-8-5-3-2-4-6-8/h2-6,9,11H,7H2,1H3,(H2,13,14,15)/t9-/m0/s1. The maximum atomic E-state index is 11.4. The quantitative estimate of drug-likeness (QED) is 0.664. The number of carbonyl (C=O) groups excluding carboxylic acids is 1. The number of phosphoric ester groups is 1. The van der Waals surface area contributed by atoms with Crippen LogP contribution in [-0.2, 0) is 20.3 Å². The van der Waals surface area contributed by atoms with Gasteiger partial charge in [-0.2, -0.15) is 0 Å². The van der Waals surface area contributed by atoms with Crippen molar-refractivity contribution < 1.29 is 23.7 Å². The smallest absolute Gasteiger partial charge is 0.369 e. The van der Waals surface area contributed by atoms with E-state index in [1.807, 2.05) is 30.3 Å². The maximum absolute atomic E-state index is 11.4. The highest BCUT2D eigenvalue weighted by Gasteiger charge is 2.26. The molecule has 0 saturated carbocycles. The molecule has 0 radical (unpaired) electrons. The fraction of sp³-hybridized carbons (Fsp3) is 0.300. The summed E-state index contributed by atoms with van der Waals surface area (Å²) in [4.78, 5) is 28.5. The van der Waals surface area contributed by atoms with Crippen LogP contribution >= 0.6 is 7.82 Å². The molecule has 1 aromatic rings. The van der Waals surface area contributed by atoms with Gasteiger partial charge in [-0.05, 0) is 19.0 Å². The number of carbonyl (C=O) groups is 1. The third-order valence-electron chi connectivity index (χ3n) is 2.12. The maximum Gasteiger partial charge on any atom is 0.527 e. The van der Waals surface area contributed by atoms with Crippen molar-refractivity contribution in [3.63, 3.8) is 0 Å². The zero-order chi connectivity index (χ0) is 12.9. The van der Waals surface area contributed by atoms with Crippen LogP contribution in [0.2, 0.25) is 0 Å². The average molecular weight is 259 g/mol. The number of rotatable bonds is 5. The molecule has 0 amide bonds. The minimum absolute atomic E-state index is 0.302. The van der Waals surface area contributed by atoms with E-state index >= 15 is 0 Å². The van der Waals surface area contributed by atoms with E-state index in [9.17, 15) is 9.36 Å². The summed E-state index contributed by atoms with van der Waals surface area (Å²) in [6.07, 6.45) is 0.302. The van der Waals surface area contributed by atoms with Crippen LogP contribution in [0.15, 0.2) is 30.3 Å². The van der Waals surface area contributed by atoms with Gasteiger partial charge in [0.15, 0.2) is 0 Å². The van der Waals surface area contributed by atoms with E-state index in [1.165, 1.54) is 7.05 Å². The second-order valence-corrected chi connectivity index (χ2v) is 4.60. The Morgan fingerprint density at radius 3 is 2.47 bits per heavy atom. The van der Waals surface area contributed by atoms with Crippen LogP contribution < -0.4 is 5.32 Å². The highest BCUT2D eigenvalue weighted by atomic mass is 31.2. The van der Waals surface area contributed by atoms with Gasteiger partial charge >= 0.3 is 13.8 Å². The zero-order valence-corrected chi connectivity index (χ0v) is 10.1. The molecule has 1 rings (SSSR count). The van der Waals surface area contributed by atoms with E-state index in [0.29, 0.717) is 6.42 Å². The van der Waals surface area contributed by atoms with Gasteiger partial charge in [0.1, 0.15) is 6.04 Å². The molecular formula is C10H14NO5P. The summed E-state index contributed by atoms with van der Waals surface area (Å²) in [5.41, 5.74) is 0.870. The van der Waals surface area contributed by atoms with Crippen LogP contribution in [0.3, 0.4) is 0 Å². The number of hydrogen-bond acceptors (Lipinski definition) is 4. The van der Waals surface area contributed by atoms with Crippen LogP contribution in [0.5, 0.6) is 0 Å². The Hall–Kier alpha value is -1.20. The molecule has 1 atom stereocenters. The first kappa shape index (κ1) is 13.9. The lowest BCUT2D eigenvalue weighted by Gasteiger charge is -2.15. The van der Waals surface area contributed by atoms with Crippen molar-refractivity contribution in [1.82, 2.24) is 5.32 Å². The number of likely N-dealkylation sites (N-methyl/N-ethyl adjacent to an activating group) is 1. The molecule has 0 fully saturated rings. The van der Waals surface area contributed by atoms with E-state index in [-0.39, 0.29) is 0 Å². The Labute approximate surface area is 98.9 Å². The molecule has 0 saturated heterocycles. The van der Waals surface area contributed by atoms with E-state index in [1.54, 1.807) is 0 Å². The van der Waals surface area contributed by atoms with E-state index in [0.717, 1.165) is 5.56 Å². The molecule has 1 aromatic carbocycles. The number of phosphoric acid groups is 1.